The van der Waals surface area contributed by atoms with E-state index in [4.69, 9.17) is 9.47 Å². The van der Waals surface area contributed by atoms with Crippen LogP contribution < -0.4 is 20.1 Å². The Balaban J connectivity index is 1.70. The van der Waals surface area contributed by atoms with Crippen molar-refractivity contribution >= 4 is 17.6 Å². The molecule has 0 aliphatic carbocycles. The zero-order chi connectivity index (χ0) is 17.2. The Morgan fingerprint density at radius 2 is 2.08 bits per heavy atom. The van der Waals surface area contributed by atoms with Crippen LogP contribution in [0, 0.1) is 0 Å². The van der Waals surface area contributed by atoms with Crippen molar-refractivity contribution in [2.24, 2.45) is 0 Å². The third-order valence-electron chi connectivity index (χ3n) is 3.80. The van der Waals surface area contributed by atoms with Crippen LogP contribution in [0.5, 0.6) is 11.5 Å². The lowest BCUT2D eigenvalue weighted by molar-refractivity contribution is -0.146. The topological polar surface area (TPSA) is 89.6 Å². The maximum absolute atomic E-state index is 12.5. The lowest BCUT2D eigenvalue weighted by Crippen LogP contribution is -2.58. The van der Waals surface area contributed by atoms with E-state index in [1.807, 2.05) is 12.1 Å². The van der Waals surface area contributed by atoms with Crippen LogP contribution >= 0.6 is 0 Å². The van der Waals surface area contributed by atoms with Gasteiger partial charge in [-0.2, -0.15) is 0 Å². The first-order chi connectivity index (χ1) is 11.5. The number of methoxy groups -OCH3 is 1. The number of amides is 2. The van der Waals surface area contributed by atoms with Crippen LogP contribution in [0.3, 0.4) is 0 Å². The molecule has 1 aromatic carbocycles. The molecular weight excluding hydrogens is 310 g/mol. The molecule has 1 aliphatic rings. The van der Waals surface area contributed by atoms with Crippen molar-refractivity contribution < 1.29 is 19.1 Å². The molecule has 3 rings (SSSR count). The van der Waals surface area contributed by atoms with Crippen LogP contribution in [0.4, 0.5) is 5.82 Å². The molecule has 0 fully saturated rings. The summed E-state index contributed by atoms with van der Waals surface area (Å²) >= 11 is 0. The normalized spacial score (nSPS) is 18.8. The number of aromatic nitrogens is 1. The quantitative estimate of drug-likeness (QED) is 0.831. The second-order valence-corrected chi connectivity index (χ2v) is 5.47. The minimum Gasteiger partial charge on any atom is -0.497 e. The molecule has 1 aliphatic heterocycles. The maximum atomic E-state index is 12.5. The summed E-state index contributed by atoms with van der Waals surface area (Å²) in [5.41, 5.74) is -0.770. The molecule has 1 unspecified atom stereocenters. The Kier molecular flexibility index (Phi) is 4.07. The van der Waals surface area contributed by atoms with Gasteiger partial charge in [-0.1, -0.05) is 12.1 Å². The molecule has 7 heteroatoms. The fourth-order valence-corrected chi connectivity index (χ4v) is 2.30. The second-order valence-electron chi connectivity index (χ2n) is 5.47. The number of rotatable bonds is 4. The average molecular weight is 327 g/mol. The van der Waals surface area contributed by atoms with Gasteiger partial charge in [-0.05, 0) is 36.8 Å². The van der Waals surface area contributed by atoms with Gasteiger partial charge >= 0.3 is 0 Å². The Morgan fingerprint density at radius 1 is 1.33 bits per heavy atom. The van der Waals surface area contributed by atoms with Gasteiger partial charge in [0.1, 0.15) is 5.75 Å². The number of pyridine rings is 1. The number of carbonyl (C=O) groups is 2. The number of ether oxygens (including phenoxy) is 2. The molecule has 1 aromatic heterocycles. The zero-order valence-electron chi connectivity index (χ0n) is 13.3. The molecule has 24 heavy (non-hydrogen) atoms. The zero-order valence-corrected chi connectivity index (χ0v) is 13.3. The standard InChI is InChI=1S/C17H17N3O4/c1-17(16(22)20-14-13(24-17)4-3-9-18-14)15(21)19-10-11-5-7-12(23-2)8-6-11/h3-9H,10H2,1-2H3,(H,19,21)(H,18,20,22). The largest absolute Gasteiger partial charge is 0.497 e. The van der Waals surface area contributed by atoms with Crippen LogP contribution in [0.2, 0.25) is 0 Å². The van der Waals surface area contributed by atoms with Crippen molar-refractivity contribution in [3.8, 4) is 11.5 Å². The second kappa shape index (κ2) is 6.19. The van der Waals surface area contributed by atoms with Gasteiger partial charge in [0.05, 0.1) is 7.11 Å². The van der Waals surface area contributed by atoms with Gasteiger partial charge in [-0.25, -0.2) is 4.98 Å². The number of hydrogen-bond acceptors (Lipinski definition) is 5. The Labute approximate surface area is 139 Å². The summed E-state index contributed by atoms with van der Waals surface area (Å²) in [4.78, 5) is 28.8. The number of anilines is 1. The molecule has 0 radical (unpaired) electrons. The molecule has 0 bridgehead atoms. The molecule has 7 nitrogen and oxygen atoms in total. The lowest BCUT2D eigenvalue weighted by atomic mass is 10.0. The van der Waals surface area contributed by atoms with E-state index in [1.165, 1.54) is 13.1 Å². The van der Waals surface area contributed by atoms with Gasteiger partial charge in [0.15, 0.2) is 11.6 Å². The molecule has 1 atom stereocenters. The van der Waals surface area contributed by atoms with E-state index in [2.05, 4.69) is 15.6 Å². The minimum atomic E-state index is -1.65. The highest BCUT2D eigenvalue weighted by Gasteiger charge is 2.47. The van der Waals surface area contributed by atoms with Crippen LogP contribution in [-0.4, -0.2) is 29.5 Å². The smallest absolute Gasteiger partial charge is 0.279 e. The van der Waals surface area contributed by atoms with Gasteiger partial charge in [0.2, 0.25) is 0 Å². The van der Waals surface area contributed by atoms with E-state index in [9.17, 15) is 9.59 Å². The number of benzene rings is 1. The first-order valence-electron chi connectivity index (χ1n) is 7.39. The Hall–Kier alpha value is -3.09. The van der Waals surface area contributed by atoms with E-state index in [-0.39, 0.29) is 6.54 Å². The first kappa shape index (κ1) is 15.8. The summed E-state index contributed by atoms with van der Waals surface area (Å²) in [6, 6.07) is 10.6. The molecular formula is C17H17N3O4. The van der Waals surface area contributed by atoms with Crippen molar-refractivity contribution in [3.63, 3.8) is 0 Å². The molecule has 0 saturated carbocycles. The lowest BCUT2D eigenvalue weighted by Gasteiger charge is -2.32. The first-order valence-corrected chi connectivity index (χ1v) is 7.39. The highest BCUT2D eigenvalue weighted by atomic mass is 16.5. The van der Waals surface area contributed by atoms with Crippen LogP contribution in [0.15, 0.2) is 42.6 Å². The van der Waals surface area contributed by atoms with Gasteiger partial charge in [-0.3, -0.25) is 9.59 Å². The highest BCUT2D eigenvalue weighted by Crippen LogP contribution is 2.31. The molecule has 0 saturated heterocycles. The maximum Gasteiger partial charge on any atom is 0.279 e. The molecule has 2 aromatic rings. The van der Waals surface area contributed by atoms with Gasteiger partial charge in [-0.15, -0.1) is 0 Å². The fourth-order valence-electron chi connectivity index (χ4n) is 2.30. The third kappa shape index (κ3) is 2.88. The summed E-state index contributed by atoms with van der Waals surface area (Å²) < 4.78 is 10.7. The molecule has 0 spiro atoms. The average Bonchev–Trinajstić information content (AvgIpc) is 2.61. The van der Waals surface area contributed by atoms with Crippen molar-refractivity contribution in [1.82, 2.24) is 10.3 Å². The Morgan fingerprint density at radius 3 is 2.79 bits per heavy atom. The third-order valence-corrected chi connectivity index (χ3v) is 3.80. The van der Waals surface area contributed by atoms with Crippen LogP contribution in [-0.2, 0) is 16.1 Å². The van der Waals surface area contributed by atoms with Crippen molar-refractivity contribution in [2.75, 3.05) is 12.4 Å². The number of nitrogens with one attached hydrogen (secondary N) is 2. The van der Waals surface area contributed by atoms with Gasteiger partial charge in [0.25, 0.3) is 17.4 Å². The summed E-state index contributed by atoms with van der Waals surface area (Å²) in [5.74, 6) is 0.324. The predicted octanol–water partition coefficient (Wildman–Crippen LogP) is 1.50. The summed E-state index contributed by atoms with van der Waals surface area (Å²) in [6.45, 7) is 1.70. The Bertz CT molecular complexity index is 776. The van der Waals surface area contributed by atoms with E-state index < -0.39 is 17.4 Å². The molecule has 2 heterocycles. The number of carbonyl (C=O) groups excluding carboxylic acids is 2. The number of nitrogens with zero attached hydrogens (tertiary/aromatic N) is 1. The van der Waals surface area contributed by atoms with E-state index in [0.717, 1.165) is 11.3 Å². The monoisotopic (exact) mass is 327 g/mol. The minimum absolute atomic E-state index is 0.273. The number of hydrogen-bond donors (Lipinski definition) is 2. The van der Waals surface area contributed by atoms with Crippen molar-refractivity contribution in [1.29, 1.82) is 0 Å². The fraction of sp³-hybridized carbons (Fsp3) is 0.235. The molecule has 124 valence electrons. The highest BCUT2D eigenvalue weighted by molar-refractivity contribution is 6.15. The van der Waals surface area contributed by atoms with Gasteiger partial charge < -0.3 is 20.1 Å². The summed E-state index contributed by atoms with van der Waals surface area (Å²) in [6.07, 6.45) is 1.54. The van der Waals surface area contributed by atoms with Crippen LogP contribution in [0.25, 0.3) is 0 Å². The van der Waals surface area contributed by atoms with Crippen LogP contribution in [0.1, 0.15) is 12.5 Å². The van der Waals surface area contributed by atoms with E-state index >= 15 is 0 Å². The van der Waals surface area contributed by atoms with Crippen molar-refractivity contribution in [2.45, 2.75) is 19.1 Å². The van der Waals surface area contributed by atoms with E-state index in [0.29, 0.717) is 11.6 Å². The molecule has 2 amide bonds. The summed E-state index contributed by atoms with van der Waals surface area (Å²) in [5, 5.41) is 5.31. The predicted molar refractivity (Wildman–Crippen MR) is 86.7 cm³/mol. The summed E-state index contributed by atoms with van der Waals surface area (Å²) in [7, 11) is 1.59. The molecule has 2 N–H and O–H groups in total. The number of fused-ring (bicyclic) bond motifs is 1. The van der Waals surface area contributed by atoms with E-state index in [1.54, 1.807) is 31.4 Å². The van der Waals surface area contributed by atoms with Gasteiger partial charge in [0, 0.05) is 12.7 Å². The van der Waals surface area contributed by atoms with Crippen molar-refractivity contribution in [3.05, 3.63) is 48.2 Å². The SMILES string of the molecule is COc1ccc(CNC(=O)C2(C)Oc3cccnc3NC2=O)cc1.